The Hall–Kier alpha value is -4.54. The van der Waals surface area contributed by atoms with Gasteiger partial charge in [0.15, 0.2) is 5.65 Å². The summed E-state index contributed by atoms with van der Waals surface area (Å²) >= 11 is 6.11. The minimum Gasteiger partial charge on any atom is -0.495 e. The Bertz CT molecular complexity index is 1730. The number of fused-ring (bicyclic) bond motifs is 1. The number of imidazole rings is 1. The van der Waals surface area contributed by atoms with E-state index in [-0.39, 0.29) is 12.1 Å². The highest BCUT2D eigenvalue weighted by Crippen LogP contribution is 2.34. The molecule has 11 heteroatoms. The second kappa shape index (κ2) is 11.5. The SMILES string of the molecule is COc1cc(C(=O)Nc2ccc(C)c(Nc3ncccc3-c3ncnc4c3ncn4C3CCCCO3)c2)ccc1Cl. The number of methoxy groups -OCH3 is 1. The molecule has 1 fully saturated rings. The standard InChI is InChI=1S/C30H28ClN7O3/c1-18-8-10-20(36-30(39)19-9-11-22(31)24(14-19)40-2)15-23(18)37-28-21(6-5-12-32-28)26-27-29(34-16-33-26)38(17-35-27)25-7-3-4-13-41-25/h5-6,8-12,14-17,25H,3-4,7,13H2,1-2H3,(H,32,37)(H,36,39). The number of carbonyl (C=O) groups excluding carboxylic acids is 1. The van der Waals surface area contributed by atoms with Crippen molar-refractivity contribution in [2.45, 2.75) is 32.4 Å². The third-order valence-electron chi connectivity index (χ3n) is 7.05. The van der Waals surface area contributed by atoms with E-state index in [0.717, 1.165) is 48.3 Å². The lowest BCUT2D eigenvalue weighted by atomic mass is 10.1. The highest BCUT2D eigenvalue weighted by molar-refractivity contribution is 6.32. The minimum atomic E-state index is -0.283. The average molecular weight is 570 g/mol. The Kier molecular flexibility index (Phi) is 7.49. The van der Waals surface area contributed by atoms with Crippen LogP contribution in [0.4, 0.5) is 17.2 Å². The number of aryl methyl sites for hydroxylation is 1. The first-order valence-corrected chi connectivity index (χ1v) is 13.7. The third-order valence-corrected chi connectivity index (χ3v) is 7.36. The van der Waals surface area contributed by atoms with Gasteiger partial charge in [-0.1, -0.05) is 17.7 Å². The number of carbonyl (C=O) groups is 1. The number of hydrogen-bond donors (Lipinski definition) is 2. The Morgan fingerprint density at radius 3 is 2.83 bits per heavy atom. The second-order valence-electron chi connectivity index (χ2n) is 9.73. The van der Waals surface area contributed by atoms with E-state index < -0.39 is 0 Å². The number of ether oxygens (including phenoxy) is 2. The molecule has 1 amide bonds. The molecule has 1 aliphatic rings. The Labute approximate surface area is 241 Å². The molecule has 10 nitrogen and oxygen atoms in total. The van der Waals surface area contributed by atoms with Crippen LogP contribution in [0.1, 0.15) is 41.4 Å². The lowest BCUT2D eigenvalue weighted by Crippen LogP contribution is -2.17. The van der Waals surface area contributed by atoms with Crippen LogP contribution in [-0.2, 0) is 4.74 Å². The Morgan fingerprint density at radius 1 is 1.10 bits per heavy atom. The first kappa shape index (κ1) is 26.7. The van der Waals surface area contributed by atoms with Crippen molar-refractivity contribution in [1.82, 2.24) is 24.5 Å². The van der Waals surface area contributed by atoms with Crippen molar-refractivity contribution in [2.24, 2.45) is 0 Å². The molecular formula is C30H28ClN7O3. The van der Waals surface area contributed by atoms with Crippen molar-refractivity contribution in [3.05, 3.63) is 83.5 Å². The molecule has 41 heavy (non-hydrogen) atoms. The monoisotopic (exact) mass is 569 g/mol. The number of amides is 1. The summed E-state index contributed by atoms with van der Waals surface area (Å²) in [6, 6.07) is 14.3. The maximum absolute atomic E-state index is 13.0. The molecule has 0 radical (unpaired) electrons. The number of nitrogens with one attached hydrogen (secondary N) is 2. The number of benzene rings is 2. The molecule has 1 unspecified atom stereocenters. The van der Waals surface area contributed by atoms with Crippen LogP contribution >= 0.6 is 11.6 Å². The molecule has 4 heterocycles. The quantitative estimate of drug-likeness (QED) is 0.226. The van der Waals surface area contributed by atoms with Crippen LogP contribution in [-0.4, -0.2) is 44.1 Å². The van der Waals surface area contributed by atoms with Gasteiger partial charge in [-0.3, -0.25) is 9.36 Å². The van der Waals surface area contributed by atoms with Gasteiger partial charge in [-0.15, -0.1) is 0 Å². The number of anilines is 3. The molecule has 0 aliphatic carbocycles. The van der Waals surface area contributed by atoms with Crippen LogP contribution in [0.15, 0.2) is 67.4 Å². The van der Waals surface area contributed by atoms with E-state index >= 15 is 0 Å². The number of halogens is 1. The highest BCUT2D eigenvalue weighted by atomic mass is 35.5. The maximum Gasteiger partial charge on any atom is 0.255 e. The number of pyridine rings is 1. The van der Waals surface area contributed by atoms with Crippen LogP contribution < -0.4 is 15.4 Å². The molecule has 0 spiro atoms. The molecule has 0 bridgehead atoms. The molecule has 5 aromatic rings. The molecule has 6 rings (SSSR count). The minimum absolute atomic E-state index is 0.0856. The molecule has 1 aliphatic heterocycles. The van der Waals surface area contributed by atoms with E-state index in [1.807, 2.05) is 41.8 Å². The number of hydrogen-bond acceptors (Lipinski definition) is 8. The molecule has 1 saturated heterocycles. The smallest absolute Gasteiger partial charge is 0.255 e. The predicted molar refractivity (Wildman–Crippen MR) is 158 cm³/mol. The topological polar surface area (TPSA) is 116 Å². The van der Waals surface area contributed by atoms with Gasteiger partial charge in [0.1, 0.15) is 35.3 Å². The zero-order valence-electron chi connectivity index (χ0n) is 22.6. The van der Waals surface area contributed by atoms with Gasteiger partial charge in [0, 0.05) is 35.3 Å². The summed E-state index contributed by atoms with van der Waals surface area (Å²) in [5, 5.41) is 6.81. The van der Waals surface area contributed by atoms with Crippen molar-refractivity contribution < 1.29 is 14.3 Å². The molecule has 2 aromatic carbocycles. The Balaban J connectivity index is 1.29. The van der Waals surface area contributed by atoms with Gasteiger partial charge in [-0.25, -0.2) is 19.9 Å². The largest absolute Gasteiger partial charge is 0.495 e. The molecule has 1 atom stereocenters. The zero-order chi connectivity index (χ0) is 28.3. The fraction of sp³-hybridized carbons (Fsp3) is 0.233. The van der Waals surface area contributed by atoms with E-state index in [0.29, 0.717) is 39.1 Å². The summed E-state index contributed by atoms with van der Waals surface area (Å²) in [6.07, 6.45) is 8.03. The van der Waals surface area contributed by atoms with Gasteiger partial charge in [0.25, 0.3) is 5.91 Å². The third kappa shape index (κ3) is 5.44. The number of rotatable bonds is 7. The van der Waals surface area contributed by atoms with Gasteiger partial charge in [0.2, 0.25) is 0 Å². The second-order valence-corrected chi connectivity index (χ2v) is 10.1. The van der Waals surface area contributed by atoms with E-state index in [9.17, 15) is 4.79 Å². The lowest BCUT2D eigenvalue weighted by Gasteiger charge is -2.23. The van der Waals surface area contributed by atoms with E-state index in [2.05, 4.69) is 30.6 Å². The van der Waals surface area contributed by atoms with Crippen LogP contribution in [0.5, 0.6) is 5.75 Å². The molecule has 0 saturated carbocycles. The number of nitrogens with zero attached hydrogens (tertiary/aromatic N) is 5. The van der Waals surface area contributed by atoms with Crippen molar-refractivity contribution in [2.75, 3.05) is 24.4 Å². The first-order valence-electron chi connectivity index (χ1n) is 13.3. The van der Waals surface area contributed by atoms with Crippen LogP contribution in [0, 0.1) is 6.92 Å². The highest BCUT2D eigenvalue weighted by Gasteiger charge is 2.22. The normalized spacial score (nSPS) is 15.0. The summed E-state index contributed by atoms with van der Waals surface area (Å²) in [7, 11) is 1.51. The summed E-state index contributed by atoms with van der Waals surface area (Å²) in [5.74, 6) is 0.752. The fourth-order valence-corrected chi connectivity index (χ4v) is 5.06. The van der Waals surface area contributed by atoms with Gasteiger partial charge in [0.05, 0.1) is 18.5 Å². The fourth-order valence-electron chi connectivity index (χ4n) is 4.87. The molecule has 208 valence electrons. The van der Waals surface area contributed by atoms with Crippen LogP contribution in [0.3, 0.4) is 0 Å². The van der Waals surface area contributed by atoms with Crippen molar-refractivity contribution in [3.63, 3.8) is 0 Å². The summed E-state index contributed by atoms with van der Waals surface area (Å²) in [5.41, 5.74) is 5.63. The van der Waals surface area contributed by atoms with Crippen LogP contribution in [0.25, 0.3) is 22.4 Å². The van der Waals surface area contributed by atoms with Crippen molar-refractivity contribution in [3.8, 4) is 17.0 Å². The van der Waals surface area contributed by atoms with Gasteiger partial charge < -0.3 is 20.1 Å². The van der Waals surface area contributed by atoms with Crippen molar-refractivity contribution in [1.29, 1.82) is 0 Å². The van der Waals surface area contributed by atoms with E-state index in [4.69, 9.17) is 21.1 Å². The maximum atomic E-state index is 13.0. The van der Waals surface area contributed by atoms with Gasteiger partial charge >= 0.3 is 0 Å². The van der Waals surface area contributed by atoms with Crippen molar-refractivity contribution >= 4 is 45.9 Å². The summed E-state index contributed by atoms with van der Waals surface area (Å²) in [4.78, 5) is 31.3. The molecular weight excluding hydrogens is 542 g/mol. The van der Waals surface area contributed by atoms with Gasteiger partial charge in [-0.05, 0) is 74.2 Å². The lowest BCUT2D eigenvalue weighted by molar-refractivity contribution is -0.0298. The number of aromatic nitrogens is 5. The predicted octanol–water partition coefficient (Wildman–Crippen LogP) is 6.55. The van der Waals surface area contributed by atoms with E-state index in [1.165, 1.54) is 7.11 Å². The average Bonchev–Trinajstić information content (AvgIpc) is 3.44. The molecule has 2 N–H and O–H groups in total. The van der Waals surface area contributed by atoms with E-state index in [1.54, 1.807) is 37.1 Å². The zero-order valence-corrected chi connectivity index (χ0v) is 23.4. The first-order chi connectivity index (χ1) is 20.0. The molecule has 3 aromatic heterocycles. The Morgan fingerprint density at radius 2 is 2.00 bits per heavy atom. The summed E-state index contributed by atoms with van der Waals surface area (Å²) in [6.45, 7) is 2.71. The summed E-state index contributed by atoms with van der Waals surface area (Å²) < 4.78 is 13.2. The van der Waals surface area contributed by atoms with Gasteiger partial charge in [-0.2, -0.15) is 0 Å². The van der Waals surface area contributed by atoms with Crippen LogP contribution in [0.2, 0.25) is 5.02 Å².